The molecule has 5 rings (SSSR count). The van der Waals surface area contributed by atoms with E-state index in [0.717, 1.165) is 38.5 Å². The molecule has 2 aromatic heterocycles. The minimum atomic E-state index is -0.124. The molecular formula is C26H23BrN4OS. The van der Waals surface area contributed by atoms with Crippen LogP contribution in [0.1, 0.15) is 34.7 Å². The molecule has 5 nitrogen and oxygen atoms in total. The molecule has 0 aliphatic carbocycles. The number of hydrogen-bond donors (Lipinski definition) is 2. The van der Waals surface area contributed by atoms with Crippen molar-refractivity contribution in [1.29, 1.82) is 0 Å². The third kappa shape index (κ3) is 3.81. The molecular weight excluding hydrogens is 496 g/mol. The zero-order valence-corrected chi connectivity index (χ0v) is 20.6. The van der Waals surface area contributed by atoms with Gasteiger partial charge in [-0.25, -0.2) is 0 Å². The van der Waals surface area contributed by atoms with Gasteiger partial charge in [0.1, 0.15) is 5.75 Å². The van der Waals surface area contributed by atoms with Gasteiger partial charge in [-0.1, -0.05) is 34.1 Å². The minimum Gasteiger partial charge on any atom is -0.506 e. The Labute approximate surface area is 206 Å². The molecule has 0 unspecified atom stereocenters. The Bertz CT molecular complexity index is 1320. The van der Waals surface area contributed by atoms with Crippen molar-refractivity contribution >= 4 is 38.9 Å². The van der Waals surface area contributed by atoms with Gasteiger partial charge in [-0.3, -0.25) is 4.98 Å². The number of thiocarbonyl (C=S) groups is 1. The number of phenolic OH excluding ortho intramolecular Hbond substituents is 1. The quantitative estimate of drug-likeness (QED) is 0.318. The fraction of sp³-hybridized carbons (Fsp3) is 0.154. The summed E-state index contributed by atoms with van der Waals surface area (Å²) < 4.78 is 3.11. The number of aryl methyl sites for hydroxylation is 1. The largest absolute Gasteiger partial charge is 0.506 e. The number of anilines is 1. The summed E-state index contributed by atoms with van der Waals surface area (Å²) in [5, 5.41) is 14.7. The highest BCUT2D eigenvalue weighted by Crippen LogP contribution is 2.44. The smallest absolute Gasteiger partial charge is 0.174 e. The van der Waals surface area contributed by atoms with Crippen LogP contribution in [0, 0.1) is 13.8 Å². The van der Waals surface area contributed by atoms with Gasteiger partial charge in [-0.05, 0) is 86.2 Å². The Morgan fingerprint density at radius 3 is 2.42 bits per heavy atom. The van der Waals surface area contributed by atoms with E-state index in [1.807, 2.05) is 54.7 Å². The SMILES string of the molecule is Cc1cc([C@@H]2[C@@H](c3ccccn3)NC(=S)N2c2ccc(Br)cc2)c(C)n1-c1ccccc1O. The third-order valence-corrected chi connectivity index (χ3v) is 6.96. The van der Waals surface area contributed by atoms with Crippen LogP contribution < -0.4 is 10.2 Å². The number of aromatic nitrogens is 2. The molecule has 1 aliphatic rings. The van der Waals surface area contributed by atoms with E-state index >= 15 is 0 Å². The first-order valence-electron chi connectivity index (χ1n) is 10.7. The molecule has 1 aliphatic heterocycles. The summed E-state index contributed by atoms with van der Waals surface area (Å²) in [6.07, 6.45) is 1.81. The number of pyridine rings is 1. The van der Waals surface area contributed by atoms with Crippen molar-refractivity contribution < 1.29 is 5.11 Å². The molecule has 4 aromatic rings. The maximum atomic E-state index is 10.5. The lowest BCUT2D eigenvalue weighted by Crippen LogP contribution is -2.29. The molecule has 33 heavy (non-hydrogen) atoms. The maximum Gasteiger partial charge on any atom is 0.174 e. The van der Waals surface area contributed by atoms with E-state index in [9.17, 15) is 5.11 Å². The van der Waals surface area contributed by atoms with E-state index in [1.165, 1.54) is 0 Å². The predicted molar refractivity (Wildman–Crippen MR) is 139 cm³/mol. The molecule has 7 heteroatoms. The predicted octanol–water partition coefficient (Wildman–Crippen LogP) is 6.13. The number of halogens is 1. The summed E-state index contributed by atoms with van der Waals surface area (Å²) in [5.41, 5.74) is 5.91. The molecule has 2 aromatic carbocycles. The Kier molecular flexibility index (Phi) is 5.68. The molecule has 3 heterocycles. The van der Waals surface area contributed by atoms with E-state index in [1.54, 1.807) is 6.07 Å². The normalized spacial score (nSPS) is 17.9. The molecule has 0 bridgehead atoms. The summed E-state index contributed by atoms with van der Waals surface area (Å²) in [5.74, 6) is 0.247. The number of nitrogens with zero attached hydrogens (tertiary/aromatic N) is 3. The Balaban J connectivity index is 1.69. The summed E-state index contributed by atoms with van der Waals surface area (Å²) in [6, 6.07) is 23.5. The van der Waals surface area contributed by atoms with E-state index in [-0.39, 0.29) is 17.8 Å². The van der Waals surface area contributed by atoms with E-state index < -0.39 is 0 Å². The topological polar surface area (TPSA) is 53.3 Å². The van der Waals surface area contributed by atoms with Crippen molar-refractivity contribution in [1.82, 2.24) is 14.9 Å². The first-order chi connectivity index (χ1) is 16.0. The van der Waals surface area contributed by atoms with Gasteiger partial charge < -0.3 is 19.9 Å². The fourth-order valence-electron chi connectivity index (χ4n) is 4.66. The van der Waals surface area contributed by atoms with Crippen molar-refractivity contribution in [2.24, 2.45) is 0 Å². The highest BCUT2D eigenvalue weighted by Gasteiger charge is 2.42. The van der Waals surface area contributed by atoms with Crippen molar-refractivity contribution in [2.45, 2.75) is 25.9 Å². The average Bonchev–Trinajstić information content (AvgIpc) is 3.31. The van der Waals surface area contributed by atoms with Gasteiger partial charge in [0.2, 0.25) is 0 Å². The number of nitrogens with one attached hydrogen (secondary N) is 1. The van der Waals surface area contributed by atoms with E-state index in [2.05, 4.69) is 67.7 Å². The van der Waals surface area contributed by atoms with Gasteiger partial charge in [0.15, 0.2) is 5.11 Å². The minimum absolute atomic E-state index is 0.112. The highest BCUT2D eigenvalue weighted by molar-refractivity contribution is 9.10. The molecule has 2 N–H and O–H groups in total. The van der Waals surface area contributed by atoms with Crippen LogP contribution in [0.3, 0.4) is 0 Å². The van der Waals surface area contributed by atoms with Crippen LogP contribution in [0.4, 0.5) is 5.69 Å². The Hall–Kier alpha value is -3.16. The van der Waals surface area contributed by atoms with Crippen LogP contribution in [-0.2, 0) is 0 Å². The summed E-state index contributed by atoms with van der Waals surface area (Å²) in [6.45, 7) is 4.15. The first kappa shape index (κ1) is 21.7. The van der Waals surface area contributed by atoms with E-state index in [0.29, 0.717) is 5.11 Å². The Morgan fingerprint density at radius 1 is 1.00 bits per heavy atom. The van der Waals surface area contributed by atoms with E-state index in [4.69, 9.17) is 12.2 Å². The number of phenols is 1. The number of aromatic hydroxyl groups is 1. The summed E-state index contributed by atoms with van der Waals surface area (Å²) in [4.78, 5) is 6.81. The number of rotatable bonds is 4. The van der Waals surface area contributed by atoms with Crippen molar-refractivity contribution in [3.05, 3.63) is 106 Å². The van der Waals surface area contributed by atoms with Crippen LogP contribution in [0.2, 0.25) is 0 Å². The van der Waals surface area contributed by atoms with Crippen molar-refractivity contribution in [3.8, 4) is 11.4 Å². The van der Waals surface area contributed by atoms with Crippen LogP contribution in [0.15, 0.2) is 83.5 Å². The zero-order valence-electron chi connectivity index (χ0n) is 18.2. The second kappa shape index (κ2) is 8.65. The standard InChI is InChI=1S/C26H23BrN4OS/c1-16-15-20(17(2)30(16)22-8-3-4-9-23(22)32)25-24(21-7-5-6-14-28-21)29-26(33)31(25)19-12-10-18(27)11-13-19/h3-15,24-25,32H,1-2H3,(H,29,33)/t24-,25-/m1/s1. The van der Waals surface area contributed by atoms with Gasteiger partial charge >= 0.3 is 0 Å². The second-order valence-corrected chi connectivity index (χ2v) is 9.43. The van der Waals surface area contributed by atoms with Gasteiger partial charge in [0.05, 0.1) is 23.5 Å². The third-order valence-electron chi connectivity index (χ3n) is 6.11. The fourth-order valence-corrected chi connectivity index (χ4v) is 5.27. The molecule has 0 saturated carbocycles. The van der Waals surface area contributed by atoms with Crippen molar-refractivity contribution in [2.75, 3.05) is 4.90 Å². The summed E-state index contributed by atoms with van der Waals surface area (Å²) in [7, 11) is 0. The molecule has 1 saturated heterocycles. The lowest BCUT2D eigenvalue weighted by atomic mass is 9.96. The summed E-state index contributed by atoms with van der Waals surface area (Å²) >= 11 is 9.37. The van der Waals surface area contributed by atoms with Crippen molar-refractivity contribution in [3.63, 3.8) is 0 Å². The number of para-hydroxylation sites is 2. The molecule has 166 valence electrons. The highest BCUT2D eigenvalue weighted by atomic mass is 79.9. The molecule has 1 fully saturated rings. The number of benzene rings is 2. The molecule has 0 amide bonds. The monoisotopic (exact) mass is 518 g/mol. The van der Waals surface area contributed by atoms with Gasteiger partial charge in [0.25, 0.3) is 0 Å². The zero-order chi connectivity index (χ0) is 23.1. The van der Waals surface area contributed by atoms with Gasteiger partial charge in [-0.15, -0.1) is 0 Å². The van der Waals surface area contributed by atoms with Gasteiger partial charge in [-0.2, -0.15) is 0 Å². The maximum absolute atomic E-state index is 10.5. The van der Waals surface area contributed by atoms with Crippen LogP contribution in [0.5, 0.6) is 5.75 Å². The molecule has 0 radical (unpaired) electrons. The van der Waals surface area contributed by atoms with Crippen LogP contribution in [-0.4, -0.2) is 19.8 Å². The van der Waals surface area contributed by atoms with Gasteiger partial charge in [0, 0.05) is 27.7 Å². The number of hydrogen-bond acceptors (Lipinski definition) is 3. The average molecular weight is 519 g/mol. The second-order valence-electron chi connectivity index (χ2n) is 8.12. The molecule has 0 spiro atoms. The molecule has 2 atom stereocenters. The Morgan fingerprint density at radius 2 is 1.73 bits per heavy atom. The lowest BCUT2D eigenvalue weighted by molar-refractivity contribution is 0.471. The van der Waals surface area contributed by atoms with Crippen LogP contribution in [0.25, 0.3) is 5.69 Å². The lowest BCUT2D eigenvalue weighted by Gasteiger charge is -2.28. The first-order valence-corrected chi connectivity index (χ1v) is 11.9. The van der Waals surface area contributed by atoms with Crippen LogP contribution >= 0.6 is 28.1 Å².